The summed E-state index contributed by atoms with van der Waals surface area (Å²) in [5.74, 6) is 0.369. The fourth-order valence-corrected chi connectivity index (χ4v) is 5.60. The molecule has 2 aliphatic heterocycles. The maximum absolute atomic E-state index is 12.7. The highest BCUT2D eigenvalue weighted by atomic mass is 32.2. The smallest absolute Gasteiger partial charge is 0.243 e. The Morgan fingerprint density at radius 1 is 1.12 bits per heavy atom. The number of carbonyl (C=O) groups is 1. The van der Waals surface area contributed by atoms with Crippen molar-refractivity contribution in [3.8, 4) is 0 Å². The van der Waals surface area contributed by atoms with E-state index in [2.05, 4.69) is 0 Å². The molecule has 24 heavy (non-hydrogen) atoms. The molecule has 0 spiro atoms. The molecule has 1 aromatic rings. The maximum atomic E-state index is 12.7. The summed E-state index contributed by atoms with van der Waals surface area (Å²) in [6.07, 6.45) is 5.71. The van der Waals surface area contributed by atoms with Crippen molar-refractivity contribution in [3.63, 3.8) is 0 Å². The Kier molecular flexibility index (Phi) is 3.92. The Morgan fingerprint density at radius 2 is 1.83 bits per heavy atom. The molecule has 0 N–H and O–H groups in total. The fraction of sp³-hybridized carbons (Fsp3) is 0.611. The lowest BCUT2D eigenvalue weighted by Crippen LogP contribution is -2.42. The Morgan fingerprint density at radius 3 is 2.46 bits per heavy atom. The van der Waals surface area contributed by atoms with Gasteiger partial charge in [0.25, 0.3) is 0 Å². The van der Waals surface area contributed by atoms with E-state index < -0.39 is 10.0 Å². The monoisotopic (exact) mass is 348 g/mol. The van der Waals surface area contributed by atoms with E-state index in [1.165, 1.54) is 0 Å². The molecule has 4 rings (SSSR count). The van der Waals surface area contributed by atoms with E-state index in [0.717, 1.165) is 49.8 Å². The van der Waals surface area contributed by atoms with Crippen LogP contribution in [0.5, 0.6) is 0 Å². The molecule has 1 saturated carbocycles. The number of anilines is 1. The molecule has 2 fully saturated rings. The molecule has 1 saturated heterocycles. The second kappa shape index (κ2) is 5.85. The number of sulfonamides is 1. The third kappa shape index (κ3) is 2.47. The number of hydrogen-bond acceptors (Lipinski definition) is 3. The van der Waals surface area contributed by atoms with Crippen molar-refractivity contribution < 1.29 is 13.2 Å². The molecule has 2 heterocycles. The molecule has 0 bridgehead atoms. The lowest BCUT2D eigenvalue weighted by molar-refractivity contribution is -0.125. The SMILES string of the molecule is C[C@H]1Cc2cc(S(=O)(=O)N3CCCC3)ccc2N1C(=O)C1CCC1. The number of nitrogens with zero attached hydrogens (tertiary/aromatic N) is 2. The van der Waals surface area contributed by atoms with Crippen LogP contribution >= 0.6 is 0 Å². The van der Waals surface area contributed by atoms with Gasteiger partial charge >= 0.3 is 0 Å². The quantitative estimate of drug-likeness (QED) is 0.843. The minimum absolute atomic E-state index is 0.109. The van der Waals surface area contributed by atoms with Gasteiger partial charge in [-0.2, -0.15) is 4.31 Å². The number of amides is 1. The average molecular weight is 348 g/mol. The van der Waals surface area contributed by atoms with E-state index in [1.807, 2.05) is 17.9 Å². The molecular formula is C18H24N2O3S. The zero-order chi connectivity index (χ0) is 16.9. The van der Waals surface area contributed by atoms with Gasteiger partial charge in [0.15, 0.2) is 0 Å². The van der Waals surface area contributed by atoms with Crippen LogP contribution < -0.4 is 4.90 Å². The third-order valence-electron chi connectivity index (χ3n) is 5.66. The van der Waals surface area contributed by atoms with Crippen LogP contribution in [0.2, 0.25) is 0 Å². The summed E-state index contributed by atoms with van der Waals surface area (Å²) in [7, 11) is -3.40. The lowest BCUT2D eigenvalue weighted by atomic mass is 9.84. The molecule has 130 valence electrons. The zero-order valence-electron chi connectivity index (χ0n) is 14.1. The van der Waals surface area contributed by atoms with Crippen molar-refractivity contribution >= 4 is 21.6 Å². The minimum Gasteiger partial charge on any atom is -0.309 e. The summed E-state index contributed by atoms with van der Waals surface area (Å²) in [5.41, 5.74) is 1.88. The first-order valence-corrected chi connectivity index (χ1v) is 10.4. The molecular weight excluding hydrogens is 324 g/mol. The molecule has 1 aromatic carbocycles. The van der Waals surface area contributed by atoms with Crippen molar-refractivity contribution in [2.24, 2.45) is 5.92 Å². The van der Waals surface area contributed by atoms with E-state index in [0.29, 0.717) is 18.0 Å². The highest BCUT2D eigenvalue weighted by molar-refractivity contribution is 7.89. The second-order valence-electron chi connectivity index (χ2n) is 7.29. The van der Waals surface area contributed by atoms with Crippen LogP contribution in [0.15, 0.2) is 23.1 Å². The van der Waals surface area contributed by atoms with Crippen molar-refractivity contribution in [1.29, 1.82) is 0 Å². The standard InChI is InChI=1S/C18H24N2O3S/c1-13-11-15-12-16(24(22,23)19-9-2-3-10-19)7-8-17(15)20(13)18(21)14-5-4-6-14/h7-8,12-14H,2-6,9-11H2,1H3/t13-/m0/s1. The van der Waals surface area contributed by atoms with E-state index in [-0.39, 0.29) is 17.9 Å². The first-order valence-electron chi connectivity index (χ1n) is 8.94. The largest absolute Gasteiger partial charge is 0.309 e. The summed E-state index contributed by atoms with van der Waals surface area (Å²) in [5, 5.41) is 0. The van der Waals surface area contributed by atoms with Gasteiger partial charge in [-0.05, 0) is 62.8 Å². The van der Waals surface area contributed by atoms with Crippen LogP contribution in [0, 0.1) is 5.92 Å². The van der Waals surface area contributed by atoms with Crippen LogP contribution in [-0.4, -0.2) is 37.8 Å². The molecule has 1 amide bonds. The van der Waals surface area contributed by atoms with Gasteiger partial charge < -0.3 is 4.90 Å². The Balaban J connectivity index is 1.65. The molecule has 0 radical (unpaired) electrons. The second-order valence-corrected chi connectivity index (χ2v) is 9.23. The van der Waals surface area contributed by atoms with Crippen LogP contribution in [0.3, 0.4) is 0 Å². The van der Waals surface area contributed by atoms with Gasteiger partial charge in [-0.1, -0.05) is 6.42 Å². The minimum atomic E-state index is -3.40. The summed E-state index contributed by atoms with van der Waals surface area (Å²) >= 11 is 0. The average Bonchev–Trinajstić information content (AvgIpc) is 3.11. The van der Waals surface area contributed by atoms with E-state index >= 15 is 0 Å². The van der Waals surface area contributed by atoms with Crippen molar-refractivity contribution in [2.75, 3.05) is 18.0 Å². The van der Waals surface area contributed by atoms with Gasteiger partial charge in [0, 0.05) is 30.7 Å². The molecule has 5 nitrogen and oxygen atoms in total. The summed E-state index contributed by atoms with van der Waals surface area (Å²) in [6.45, 7) is 3.27. The number of rotatable bonds is 3. The van der Waals surface area contributed by atoms with Gasteiger partial charge in [0.2, 0.25) is 15.9 Å². The van der Waals surface area contributed by atoms with Crippen LogP contribution in [-0.2, 0) is 21.2 Å². The summed E-state index contributed by atoms with van der Waals surface area (Å²) < 4.78 is 27.1. The van der Waals surface area contributed by atoms with Crippen LogP contribution in [0.25, 0.3) is 0 Å². The molecule has 0 aromatic heterocycles. The van der Waals surface area contributed by atoms with Crippen molar-refractivity contribution in [3.05, 3.63) is 23.8 Å². The topological polar surface area (TPSA) is 57.7 Å². The number of benzene rings is 1. The van der Waals surface area contributed by atoms with Crippen LogP contribution in [0.4, 0.5) is 5.69 Å². The molecule has 6 heteroatoms. The predicted octanol–water partition coefficient (Wildman–Crippen LogP) is 2.55. The van der Waals surface area contributed by atoms with Crippen LogP contribution in [0.1, 0.15) is 44.6 Å². The summed E-state index contributed by atoms with van der Waals surface area (Å²) in [6, 6.07) is 5.40. The highest BCUT2D eigenvalue weighted by Crippen LogP contribution is 2.38. The lowest BCUT2D eigenvalue weighted by Gasteiger charge is -2.32. The first kappa shape index (κ1) is 16.1. The van der Waals surface area contributed by atoms with Crippen molar-refractivity contribution in [2.45, 2.75) is 56.4 Å². The fourth-order valence-electron chi connectivity index (χ4n) is 4.03. The van der Waals surface area contributed by atoms with E-state index in [9.17, 15) is 13.2 Å². The van der Waals surface area contributed by atoms with Gasteiger partial charge in [-0.25, -0.2) is 8.42 Å². The molecule has 3 aliphatic rings. The first-order chi connectivity index (χ1) is 11.5. The zero-order valence-corrected chi connectivity index (χ0v) is 14.9. The van der Waals surface area contributed by atoms with E-state index in [4.69, 9.17) is 0 Å². The van der Waals surface area contributed by atoms with Gasteiger partial charge in [-0.3, -0.25) is 4.79 Å². The predicted molar refractivity (Wildman–Crippen MR) is 92.4 cm³/mol. The Hall–Kier alpha value is -1.40. The third-order valence-corrected chi connectivity index (χ3v) is 7.56. The molecule has 0 unspecified atom stereocenters. The Labute approximate surface area is 143 Å². The molecule has 1 aliphatic carbocycles. The normalized spacial score (nSPS) is 24.9. The number of hydrogen-bond donors (Lipinski definition) is 0. The van der Waals surface area contributed by atoms with E-state index in [1.54, 1.807) is 16.4 Å². The van der Waals surface area contributed by atoms with Crippen molar-refractivity contribution in [1.82, 2.24) is 4.31 Å². The highest BCUT2D eigenvalue weighted by Gasteiger charge is 2.38. The van der Waals surface area contributed by atoms with Gasteiger partial charge in [0.1, 0.15) is 0 Å². The maximum Gasteiger partial charge on any atom is 0.243 e. The number of carbonyl (C=O) groups excluding carboxylic acids is 1. The molecule has 1 atom stereocenters. The van der Waals surface area contributed by atoms with Gasteiger partial charge in [-0.15, -0.1) is 0 Å². The Bertz CT molecular complexity index is 764. The van der Waals surface area contributed by atoms with Gasteiger partial charge in [0.05, 0.1) is 4.90 Å². The number of fused-ring (bicyclic) bond motifs is 1. The summed E-state index contributed by atoms with van der Waals surface area (Å²) in [4.78, 5) is 15.0.